The molecular formula is C22H24N4O3. The Kier molecular flexibility index (Phi) is 5.57. The van der Waals surface area contributed by atoms with Crippen LogP contribution in [0, 0.1) is 0 Å². The van der Waals surface area contributed by atoms with Gasteiger partial charge in [-0.3, -0.25) is 9.59 Å². The molecule has 4 rings (SSSR count). The molecule has 1 aromatic heterocycles. The molecule has 0 radical (unpaired) electrons. The zero-order valence-electron chi connectivity index (χ0n) is 16.4. The largest absolute Gasteiger partial charge is 0.494 e. The molecule has 0 unspecified atom stereocenters. The van der Waals surface area contributed by atoms with Crippen molar-refractivity contribution in [3.63, 3.8) is 0 Å². The molecule has 0 spiro atoms. The zero-order valence-corrected chi connectivity index (χ0v) is 16.4. The molecular weight excluding hydrogens is 368 g/mol. The Hall–Kier alpha value is -3.19. The third-order valence-corrected chi connectivity index (χ3v) is 5.25. The minimum absolute atomic E-state index is 0.229. The number of amides is 1. The fourth-order valence-corrected chi connectivity index (χ4v) is 3.74. The van der Waals surface area contributed by atoms with Crippen LogP contribution in [0.4, 0.5) is 0 Å². The van der Waals surface area contributed by atoms with E-state index in [1.807, 2.05) is 6.07 Å². The standard InChI is InChI=1S/C22H24N4O3/c1-29-19-11-5-4-10-18(19)26-22(28)17-9-3-2-8-16(17)20(24-26)21(27)23-12-15-25-13-6-7-14-25/h2-5,8-11H,6-7,12-15H2,1H3,(H,23,27). The van der Waals surface area contributed by atoms with Gasteiger partial charge in [0.25, 0.3) is 11.5 Å². The second-order valence-corrected chi connectivity index (χ2v) is 7.09. The van der Waals surface area contributed by atoms with E-state index in [2.05, 4.69) is 15.3 Å². The van der Waals surface area contributed by atoms with Gasteiger partial charge in [0.05, 0.1) is 12.5 Å². The van der Waals surface area contributed by atoms with Crippen LogP contribution in [0.3, 0.4) is 0 Å². The van der Waals surface area contributed by atoms with E-state index >= 15 is 0 Å². The summed E-state index contributed by atoms with van der Waals surface area (Å²) in [5, 5.41) is 8.37. The second kappa shape index (κ2) is 8.45. The number of nitrogens with zero attached hydrogens (tertiary/aromatic N) is 3. The number of hydrogen-bond donors (Lipinski definition) is 1. The predicted molar refractivity (Wildman–Crippen MR) is 112 cm³/mol. The molecule has 1 N–H and O–H groups in total. The summed E-state index contributed by atoms with van der Waals surface area (Å²) in [7, 11) is 1.54. The molecule has 1 saturated heterocycles. The molecule has 1 aliphatic rings. The van der Waals surface area contributed by atoms with Gasteiger partial charge >= 0.3 is 0 Å². The molecule has 7 heteroatoms. The Morgan fingerprint density at radius 1 is 1.07 bits per heavy atom. The van der Waals surface area contributed by atoms with Gasteiger partial charge in [0, 0.05) is 18.5 Å². The average molecular weight is 392 g/mol. The van der Waals surface area contributed by atoms with Gasteiger partial charge < -0.3 is 15.0 Å². The van der Waals surface area contributed by atoms with Crippen molar-refractivity contribution in [1.29, 1.82) is 0 Å². The van der Waals surface area contributed by atoms with Gasteiger partial charge in [0.15, 0.2) is 5.69 Å². The van der Waals surface area contributed by atoms with Crippen molar-refractivity contribution >= 4 is 16.7 Å². The number of aromatic nitrogens is 2. The smallest absolute Gasteiger partial charge is 0.279 e. The summed E-state index contributed by atoms with van der Waals surface area (Å²) < 4.78 is 6.63. The molecule has 1 amide bonds. The Morgan fingerprint density at radius 2 is 1.76 bits per heavy atom. The fourth-order valence-electron chi connectivity index (χ4n) is 3.74. The van der Waals surface area contributed by atoms with E-state index in [4.69, 9.17) is 4.74 Å². The molecule has 0 atom stereocenters. The second-order valence-electron chi connectivity index (χ2n) is 7.09. The van der Waals surface area contributed by atoms with Gasteiger partial charge in [-0.25, -0.2) is 0 Å². The first-order valence-corrected chi connectivity index (χ1v) is 9.85. The van der Waals surface area contributed by atoms with Gasteiger partial charge in [-0.2, -0.15) is 9.78 Å². The van der Waals surface area contributed by atoms with Crippen molar-refractivity contribution < 1.29 is 9.53 Å². The minimum Gasteiger partial charge on any atom is -0.494 e. The molecule has 3 aromatic rings. The number of rotatable bonds is 6. The van der Waals surface area contributed by atoms with Crippen LogP contribution in [-0.4, -0.2) is 53.9 Å². The minimum atomic E-state index is -0.293. The van der Waals surface area contributed by atoms with Crippen molar-refractivity contribution in [2.24, 2.45) is 0 Å². The van der Waals surface area contributed by atoms with Gasteiger partial charge in [-0.05, 0) is 44.1 Å². The number of benzene rings is 2. The normalized spacial score (nSPS) is 14.2. The maximum absolute atomic E-state index is 13.1. The Bertz CT molecular complexity index is 1090. The monoisotopic (exact) mass is 392 g/mol. The van der Waals surface area contributed by atoms with E-state index < -0.39 is 0 Å². The van der Waals surface area contributed by atoms with E-state index in [1.165, 1.54) is 24.6 Å². The highest BCUT2D eigenvalue weighted by molar-refractivity contribution is 6.04. The summed E-state index contributed by atoms with van der Waals surface area (Å²) in [5.41, 5.74) is 0.433. The van der Waals surface area contributed by atoms with Crippen LogP contribution < -0.4 is 15.6 Å². The number of hydrogen-bond acceptors (Lipinski definition) is 5. The molecule has 150 valence electrons. The van der Waals surface area contributed by atoms with E-state index in [0.29, 0.717) is 28.8 Å². The van der Waals surface area contributed by atoms with Crippen molar-refractivity contribution in [3.05, 3.63) is 64.6 Å². The molecule has 2 heterocycles. The van der Waals surface area contributed by atoms with E-state index in [0.717, 1.165) is 19.6 Å². The number of nitrogens with one attached hydrogen (secondary N) is 1. The third kappa shape index (κ3) is 3.86. The van der Waals surface area contributed by atoms with Crippen molar-refractivity contribution in [3.8, 4) is 11.4 Å². The Balaban J connectivity index is 1.72. The summed E-state index contributed by atoms with van der Waals surface area (Å²) in [6, 6.07) is 14.2. The molecule has 1 aliphatic heterocycles. The van der Waals surface area contributed by atoms with E-state index in [9.17, 15) is 9.59 Å². The number of para-hydroxylation sites is 2. The van der Waals surface area contributed by atoms with E-state index in [1.54, 1.807) is 42.5 Å². The molecule has 0 saturated carbocycles. The number of methoxy groups -OCH3 is 1. The topological polar surface area (TPSA) is 76.5 Å². The quantitative estimate of drug-likeness (QED) is 0.696. The Morgan fingerprint density at radius 3 is 2.52 bits per heavy atom. The van der Waals surface area contributed by atoms with Crippen molar-refractivity contribution in [2.45, 2.75) is 12.8 Å². The lowest BCUT2D eigenvalue weighted by molar-refractivity contribution is 0.0945. The van der Waals surface area contributed by atoms with Crippen molar-refractivity contribution in [2.75, 3.05) is 33.3 Å². The first kappa shape index (κ1) is 19.1. The van der Waals surface area contributed by atoms with Crippen LogP contribution in [-0.2, 0) is 0 Å². The predicted octanol–water partition coefficient (Wildman–Crippen LogP) is 2.22. The van der Waals surface area contributed by atoms with Gasteiger partial charge in [0.1, 0.15) is 11.4 Å². The molecule has 7 nitrogen and oxygen atoms in total. The average Bonchev–Trinajstić information content (AvgIpc) is 3.27. The van der Waals surface area contributed by atoms with Crippen LogP contribution in [0.2, 0.25) is 0 Å². The molecule has 29 heavy (non-hydrogen) atoms. The number of carbonyl (C=O) groups excluding carboxylic acids is 1. The van der Waals surface area contributed by atoms with Gasteiger partial charge in [-0.1, -0.05) is 30.3 Å². The highest BCUT2D eigenvalue weighted by Crippen LogP contribution is 2.22. The summed E-state index contributed by atoms with van der Waals surface area (Å²) >= 11 is 0. The number of carbonyl (C=O) groups is 1. The number of fused-ring (bicyclic) bond motifs is 1. The highest BCUT2D eigenvalue weighted by atomic mass is 16.5. The van der Waals surface area contributed by atoms with Crippen LogP contribution in [0.5, 0.6) is 5.75 Å². The lowest BCUT2D eigenvalue weighted by Crippen LogP contribution is -2.35. The molecule has 1 fully saturated rings. The van der Waals surface area contributed by atoms with Crippen LogP contribution >= 0.6 is 0 Å². The zero-order chi connectivity index (χ0) is 20.2. The SMILES string of the molecule is COc1ccccc1-n1nc(C(=O)NCCN2CCCC2)c2ccccc2c1=O. The van der Waals surface area contributed by atoms with Gasteiger partial charge in [0.2, 0.25) is 0 Å². The van der Waals surface area contributed by atoms with Crippen LogP contribution in [0.25, 0.3) is 16.5 Å². The van der Waals surface area contributed by atoms with E-state index in [-0.39, 0.29) is 17.2 Å². The lowest BCUT2D eigenvalue weighted by atomic mass is 10.1. The molecule has 0 bridgehead atoms. The van der Waals surface area contributed by atoms with Gasteiger partial charge in [-0.15, -0.1) is 0 Å². The molecule has 0 aliphatic carbocycles. The van der Waals surface area contributed by atoms with Crippen LogP contribution in [0.15, 0.2) is 53.3 Å². The summed E-state index contributed by atoms with van der Waals surface area (Å²) in [5.74, 6) is 0.224. The maximum atomic E-state index is 13.1. The number of ether oxygens (including phenoxy) is 1. The lowest BCUT2D eigenvalue weighted by Gasteiger charge is -2.16. The third-order valence-electron chi connectivity index (χ3n) is 5.25. The summed E-state index contributed by atoms with van der Waals surface area (Å²) in [4.78, 5) is 28.3. The summed E-state index contributed by atoms with van der Waals surface area (Å²) in [6.45, 7) is 3.52. The maximum Gasteiger partial charge on any atom is 0.279 e. The first-order valence-electron chi connectivity index (χ1n) is 9.85. The van der Waals surface area contributed by atoms with Crippen LogP contribution in [0.1, 0.15) is 23.3 Å². The summed E-state index contributed by atoms with van der Waals surface area (Å²) in [6.07, 6.45) is 2.42. The Labute approximate surface area is 168 Å². The molecule has 2 aromatic carbocycles. The highest BCUT2D eigenvalue weighted by Gasteiger charge is 2.19. The van der Waals surface area contributed by atoms with Crippen molar-refractivity contribution in [1.82, 2.24) is 20.0 Å². The first-order chi connectivity index (χ1) is 14.2. The fraction of sp³-hybridized carbons (Fsp3) is 0.318. The number of likely N-dealkylation sites (tertiary alicyclic amines) is 1.